The van der Waals surface area contributed by atoms with Gasteiger partial charge >= 0.3 is 5.97 Å². The number of benzene rings is 1. The molecule has 1 amide bonds. The summed E-state index contributed by atoms with van der Waals surface area (Å²) >= 11 is 1.57. The van der Waals surface area contributed by atoms with E-state index in [1.54, 1.807) is 30.3 Å². The predicted octanol–water partition coefficient (Wildman–Crippen LogP) is 3.32. The molecule has 0 N–H and O–H groups in total. The lowest BCUT2D eigenvalue weighted by atomic mass is 10.1. The minimum Gasteiger partial charge on any atom is -0.497 e. The van der Waals surface area contributed by atoms with Crippen molar-refractivity contribution in [3.05, 3.63) is 52.2 Å². The Balaban J connectivity index is 1.95. The Morgan fingerprint density at radius 2 is 1.88 bits per heavy atom. The number of nitrogens with zero attached hydrogens (tertiary/aromatic N) is 1. The van der Waals surface area contributed by atoms with Crippen LogP contribution in [-0.2, 0) is 27.2 Å². The lowest BCUT2D eigenvalue weighted by Gasteiger charge is -2.22. The summed E-state index contributed by atoms with van der Waals surface area (Å²) in [7, 11) is 1.63. The van der Waals surface area contributed by atoms with Crippen LogP contribution in [0.1, 0.15) is 23.8 Å². The molecule has 0 saturated carbocycles. The molecule has 0 radical (unpaired) electrons. The van der Waals surface area contributed by atoms with Crippen LogP contribution < -0.4 is 4.74 Å². The van der Waals surface area contributed by atoms with Gasteiger partial charge in [0, 0.05) is 18.0 Å². The van der Waals surface area contributed by atoms with E-state index in [0.29, 0.717) is 26.1 Å². The summed E-state index contributed by atoms with van der Waals surface area (Å²) in [5, 5.41) is 1.96. The van der Waals surface area contributed by atoms with Crippen LogP contribution in [0.2, 0.25) is 0 Å². The molecule has 0 aliphatic heterocycles. The number of hydrogen-bond acceptors (Lipinski definition) is 5. The van der Waals surface area contributed by atoms with Crippen molar-refractivity contribution in [2.24, 2.45) is 0 Å². The first-order chi connectivity index (χ1) is 12.6. The molecule has 0 atom stereocenters. The van der Waals surface area contributed by atoms with Crippen molar-refractivity contribution in [2.45, 2.75) is 26.2 Å². The van der Waals surface area contributed by atoms with E-state index in [2.05, 4.69) is 0 Å². The van der Waals surface area contributed by atoms with Gasteiger partial charge in [-0.25, -0.2) is 0 Å². The van der Waals surface area contributed by atoms with Crippen LogP contribution in [0.25, 0.3) is 0 Å². The first-order valence-electron chi connectivity index (χ1n) is 8.71. The van der Waals surface area contributed by atoms with Gasteiger partial charge in [-0.1, -0.05) is 18.2 Å². The monoisotopic (exact) mass is 375 g/mol. The van der Waals surface area contributed by atoms with Crippen LogP contribution in [0, 0.1) is 0 Å². The van der Waals surface area contributed by atoms with Crippen LogP contribution in [0.4, 0.5) is 0 Å². The molecule has 0 unspecified atom stereocenters. The molecule has 0 fully saturated rings. The molecule has 5 nitrogen and oxygen atoms in total. The highest BCUT2D eigenvalue weighted by Gasteiger charge is 2.16. The fourth-order valence-corrected chi connectivity index (χ4v) is 3.25. The highest BCUT2D eigenvalue weighted by Crippen LogP contribution is 2.14. The molecule has 0 aliphatic carbocycles. The van der Waals surface area contributed by atoms with Crippen molar-refractivity contribution in [2.75, 3.05) is 26.8 Å². The second-order valence-corrected chi connectivity index (χ2v) is 6.82. The number of thiophene rings is 1. The lowest BCUT2D eigenvalue weighted by Crippen LogP contribution is -2.36. The Hall–Kier alpha value is -2.34. The van der Waals surface area contributed by atoms with Crippen molar-refractivity contribution in [3.63, 3.8) is 0 Å². The summed E-state index contributed by atoms with van der Waals surface area (Å²) in [5.41, 5.74) is 1.12. The SMILES string of the molecule is CCOC(=O)CCN(CCc1ccc(OC)cc1)C(=O)Cc1cccs1. The van der Waals surface area contributed by atoms with E-state index >= 15 is 0 Å². The third-order valence-electron chi connectivity index (χ3n) is 3.98. The van der Waals surface area contributed by atoms with Gasteiger partial charge in [0.2, 0.25) is 5.91 Å². The number of amides is 1. The molecule has 140 valence electrons. The summed E-state index contributed by atoms with van der Waals surface area (Å²) in [4.78, 5) is 27.1. The van der Waals surface area contributed by atoms with Crippen LogP contribution in [0.15, 0.2) is 41.8 Å². The largest absolute Gasteiger partial charge is 0.497 e. The maximum atomic E-state index is 12.7. The summed E-state index contributed by atoms with van der Waals surface area (Å²) in [6.07, 6.45) is 1.30. The number of esters is 1. The molecule has 26 heavy (non-hydrogen) atoms. The van der Waals surface area contributed by atoms with Crippen LogP contribution in [0.3, 0.4) is 0 Å². The molecule has 0 aliphatic rings. The minimum atomic E-state index is -0.272. The number of hydrogen-bond donors (Lipinski definition) is 0. The van der Waals surface area contributed by atoms with Gasteiger partial charge in [0.15, 0.2) is 0 Å². The molecule has 1 heterocycles. The quantitative estimate of drug-likeness (QED) is 0.598. The van der Waals surface area contributed by atoms with Crippen molar-refractivity contribution in [1.29, 1.82) is 0 Å². The van der Waals surface area contributed by atoms with Crippen molar-refractivity contribution >= 4 is 23.2 Å². The van der Waals surface area contributed by atoms with Gasteiger partial charge in [-0.2, -0.15) is 0 Å². The zero-order valence-corrected chi connectivity index (χ0v) is 16.1. The smallest absolute Gasteiger partial charge is 0.307 e. The van der Waals surface area contributed by atoms with Gasteiger partial charge in [0.25, 0.3) is 0 Å². The van der Waals surface area contributed by atoms with Gasteiger partial charge in [0.1, 0.15) is 5.75 Å². The maximum absolute atomic E-state index is 12.7. The Morgan fingerprint density at radius 3 is 2.50 bits per heavy atom. The summed E-state index contributed by atoms with van der Waals surface area (Å²) < 4.78 is 10.1. The van der Waals surface area contributed by atoms with Crippen molar-refractivity contribution in [3.8, 4) is 5.75 Å². The predicted molar refractivity (Wildman–Crippen MR) is 103 cm³/mol. The second kappa shape index (κ2) is 10.6. The molecule has 0 spiro atoms. The Morgan fingerprint density at radius 1 is 1.12 bits per heavy atom. The van der Waals surface area contributed by atoms with E-state index in [1.165, 1.54) is 0 Å². The second-order valence-electron chi connectivity index (χ2n) is 5.79. The van der Waals surface area contributed by atoms with E-state index in [9.17, 15) is 9.59 Å². The first-order valence-corrected chi connectivity index (χ1v) is 9.59. The zero-order valence-electron chi connectivity index (χ0n) is 15.3. The summed E-state index contributed by atoms with van der Waals surface area (Å²) in [6.45, 7) is 3.07. The topological polar surface area (TPSA) is 55.8 Å². The van der Waals surface area contributed by atoms with Crippen molar-refractivity contribution < 1.29 is 19.1 Å². The number of carbonyl (C=O) groups is 2. The highest BCUT2D eigenvalue weighted by molar-refractivity contribution is 7.10. The average Bonchev–Trinajstić information content (AvgIpc) is 3.15. The average molecular weight is 375 g/mol. The third kappa shape index (κ3) is 6.52. The standard InChI is InChI=1S/C20H25NO4S/c1-3-25-20(23)11-13-21(19(22)15-18-5-4-14-26-18)12-10-16-6-8-17(24-2)9-7-16/h4-9,14H,3,10-13,15H2,1-2H3. The molecule has 6 heteroatoms. The van der Waals surface area contributed by atoms with Gasteiger partial charge in [0.05, 0.1) is 26.6 Å². The molecule has 0 saturated heterocycles. The first kappa shape index (κ1) is 20.0. The molecule has 2 aromatic rings. The maximum Gasteiger partial charge on any atom is 0.307 e. The van der Waals surface area contributed by atoms with Gasteiger partial charge < -0.3 is 14.4 Å². The molecule has 1 aromatic heterocycles. The Labute approximate surface area is 158 Å². The Kier molecular flexibility index (Phi) is 8.15. The normalized spacial score (nSPS) is 10.4. The molecule has 1 aromatic carbocycles. The van der Waals surface area contributed by atoms with E-state index < -0.39 is 0 Å². The van der Waals surface area contributed by atoms with E-state index in [0.717, 1.165) is 22.6 Å². The van der Waals surface area contributed by atoms with Crippen molar-refractivity contribution in [1.82, 2.24) is 4.90 Å². The fraction of sp³-hybridized carbons (Fsp3) is 0.400. The zero-order chi connectivity index (χ0) is 18.8. The molecular weight excluding hydrogens is 350 g/mol. The number of carbonyl (C=O) groups excluding carboxylic acids is 2. The summed E-state index contributed by atoms with van der Waals surface area (Å²) in [5.74, 6) is 0.567. The van der Waals surface area contributed by atoms with E-state index in [1.807, 2.05) is 41.8 Å². The molecular formula is C20H25NO4S. The molecule has 2 rings (SSSR count). The fourth-order valence-electron chi connectivity index (χ4n) is 2.55. The highest BCUT2D eigenvalue weighted by atomic mass is 32.1. The summed E-state index contributed by atoms with van der Waals surface area (Å²) in [6, 6.07) is 11.7. The van der Waals surface area contributed by atoms with Crippen LogP contribution >= 0.6 is 11.3 Å². The van der Waals surface area contributed by atoms with Crippen LogP contribution in [0.5, 0.6) is 5.75 Å². The third-order valence-corrected chi connectivity index (χ3v) is 4.86. The van der Waals surface area contributed by atoms with E-state index in [4.69, 9.17) is 9.47 Å². The Bertz CT molecular complexity index is 682. The van der Waals surface area contributed by atoms with Crippen LogP contribution in [-0.4, -0.2) is 43.6 Å². The van der Waals surface area contributed by atoms with Gasteiger partial charge in [-0.05, 0) is 42.5 Å². The van der Waals surface area contributed by atoms with E-state index in [-0.39, 0.29) is 18.3 Å². The number of methoxy groups -OCH3 is 1. The number of rotatable bonds is 10. The minimum absolute atomic E-state index is 0.0326. The lowest BCUT2D eigenvalue weighted by molar-refractivity contribution is -0.144. The molecule has 0 bridgehead atoms. The number of ether oxygens (including phenoxy) is 2. The van der Waals surface area contributed by atoms with Gasteiger partial charge in [-0.3, -0.25) is 9.59 Å². The van der Waals surface area contributed by atoms with Gasteiger partial charge in [-0.15, -0.1) is 11.3 Å².